The Morgan fingerprint density at radius 1 is 1.07 bits per heavy atom. The zero-order valence-electron chi connectivity index (χ0n) is 16.4. The molecule has 0 aromatic heterocycles. The van der Waals surface area contributed by atoms with E-state index < -0.39 is 0 Å². The lowest BCUT2D eigenvalue weighted by Crippen LogP contribution is -2.36. The fourth-order valence-electron chi connectivity index (χ4n) is 3.57. The van der Waals surface area contributed by atoms with Crippen molar-refractivity contribution in [2.24, 2.45) is 5.92 Å². The van der Waals surface area contributed by atoms with Crippen LogP contribution in [0.4, 0.5) is 5.69 Å². The molecule has 0 saturated heterocycles. The average Bonchev–Trinajstić information content (AvgIpc) is 3.52. The summed E-state index contributed by atoms with van der Waals surface area (Å²) in [6.45, 7) is 5.36. The molecule has 1 aliphatic carbocycles. The summed E-state index contributed by atoms with van der Waals surface area (Å²) in [6, 6.07) is 13.1. The van der Waals surface area contributed by atoms with E-state index in [9.17, 15) is 9.59 Å². The zero-order chi connectivity index (χ0) is 19.7. The lowest BCUT2D eigenvalue weighted by Gasteiger charge is -2.29. The van der Waals surface area contributed by atoms with E-state index in [1.54, 1.807) is 12.1 Å². The molecule has 2 aromatic carbocycles. The van der Waals surface area contributed by atoms with Gasteiger partial charge in [0.05, 0.1) is 6.10 Å². The van der Waals surface area contributed by atoms with Crippen molar-refractivity contribution in [1.29, 1.82) is 0 Å². The first-order valence-corrected chi connectivity index (χ1v) is 9.98. The number of benzene rings is 2. The maximum Gasteiger partial charge on any atom is 0.255 e. The Morgan fingerprint density at radius 2 is 1.82 bits per heavy atom. The van der Waals surface area contributed by atoms with Crippen molar-refractivity contribution < 1.29 is 14.3 Å². The van der Waals surface area contributed by atoms with Crippen LogP contribution in [0, 0.1) is 5.92 Å². The largest absolute Gasteiger partial charge is 0.491 e. The van der Waals surface area contributed by atoms with Gasteiger partial charge in [0, 0.05) is 30.3 Å². The van der Waals surface area contributed by atoms with Crippen LogP contribution in [0.2, 0.25) is 0 Å². The Hall–Kier alpha value is -2.82. The maximum absolute atomic E-state index is 12.6. The minimum absolute atomic E-state index is 0.0986. The van der Waals surface area contributed by atoms with Gasteiger partial charge in [-0.1, -0.05) is 6.07 Å². The fourth-order valence-corrected chi connectivity index (χ4v) is 3.57. The molecule has 5 heteroatoms. The quantitative estimate of drug-likeness (QED) is 0.855. The normalized spacial score (nSPS) is 15.9. The average molecular weight is 378 g/mol. The number of hydrogen-bond acceptors (Lipinski definition) is 3. The molecule has 1 fully saturated rings. The van der Waals surface area contributed by atoms with E-state index in [0.717, 1.165) is 42.8 Å². The van der Waals surface area contributed by atoms with E-state index in [-0.39, 0.29) is 23.8 Å². The Balaban J connectivity index is 1.43. The van der Waals surface area contributed by atoms with E-state index in [1.807, 2.05) is 43.0 Å². The molecular weight excluding hydrogens is 352 g/mol. The van der Waals surface area contributed by atoms with Gasteiger partial charge in [0.25, 0.3) is 5.91 Å². The second kappa shape index (κ2) is 7.66. The Kier molecular flexibility index (Phi) is 5.07. The van der Waals surface area contributed by atoms with E-state index in [1.165, 1.54) is 5.56 Å². The highest BCUT2D eigenvalue weighted by atomic mass is 16.5. The Bertz CT molecular complexity index is 885. The molecular formula is C23H26N2O3. The van der Waals surface area contributed by atoms with Crippen molar-refractivity contribution in [2.45, 2.75) is 45.8 Å². The molecule has 5 nitrogen and oxygen atoms in total. The van der Waals surface area contributed by atoms with Gasteiger partial charge < -0.3 is 15.0 Å². The highest BCUT2D eigenvalue weighted by Gasteiger charge is 2.34. The number of fused-ring (bicyclic) bond motifs is 1. The molecule has 0 unspecified atom stereocenters. The molecule has 0 spiro atoms. The van der Waals surface area contributed by atoms with Crippen LogP contribution in [0.5, 0.6) is 5.75 Å². The molecule has 1 aliphatic heterocycles. The number of anilines is 1. The van der Waals surface area contributed by atoms with Gasteiger partial charge in [0.1, 0.15) is 5.75 Å². The third kappa shape index (κ3) is 4.19. The minimum Gasteiger partial charge on any atom is -0.491 e. The summed E-state index contributed by atoms with van der Waals surface area (Å²) in [5.74, 6) is 1.12. The van der Waals surface area contributed by atoms with E-state index in [4.69, 9.17) is 4.74 Å². The molecule has 146 valence electrons. The SMILES string of the molecule is CC(C)Oc1ccc(C(=O)Nc2ccc3c(c2)CN(C(=O)C2CC2)CC3)cc1. The third-order valence-electron chi connectivity index (χ3n) is 5.20. The number of ether oxygens (including phenoxy) is 1. The molecule has 2 aromatic rings. The van der Waals surface area contributed by atoms with Crippen LogP contribution < -0.4 is 10.1 Å². The molecule has 0 radical (unpaired) electrons. The molecule has 2 aliphatic rings. The van der Waals surface area contributed by atoms with Gasteiger partial charge in [-0.3, -0.25) is 9.59 Å². The molecule has 1 N–H and O–H groups in total. The summed E-state index contributed by atoms with van der Waals surface area (Å²) in [5.41, 5.74) is 3.72. The predicted octanol–water partition coefficient (Wildman–Crippen LogP) is 4.02. The summed E-state index contributed by atoms with van der Waals surface area (Å²) in [6.07, 6.45) is 3.03. The molecule has 0 atom stereocenters. The lowest BCUT2D eigenvalue weighted by atomic mass is 9.98. The van der Waals surface area contributed by atoms with Gasteiger partial charge in [0.15, 0.2) is 0 Å². The highest BCUT2D eigenvalue weighted by Crippen LogP contribution is 2.33. The van der Waals surface area contributed by atoms with Crippen molar-refractivity contribution in [3.05, 3.63) is 59.2 Å². The molecule has 2 amide bonds. The van der Waals surface area contributed by atoms with Gasteiger partial charge in [-0.2, -0.15) is 0 Å². The van der Waals surface area contributed by atoms with Crippen molar-refractivity contribution in [1.82, 2.24) is 4.90 Å². The van der Waals surface area contributed by atoms with Crippen LogP contribution in [0.1, 0.15) is 48.2 Å². The number of hydrogen-bond donors (Lipinski definition) is 1. The number of rotatable bonds is 5. The third-order valence-corrected chi connectivity index (χ3v) is 5.20. The summed E-state index contributed by atoms with van der Waals surface area (Å²) in [7, 11) is 0. The van der Waals surface area contributed by atoms with Crippen molar-refractivity contribution >= 4 is 17.5 Å². The molecule has 28 heavy (non-hydrogen) atoms. The summed E-state index contributed by atoms with van der Waals surface area (Å²) < 4.78 is 5.62. The number of nitrogens with zero attached hydrogens (tertiary/aromatic N) is 1. The van der Waals surface area contributed by atoms with Crippen LogP contribution in [0.3, 0.4) is 0 Å². The van der Waals surface area contributed by atoms with E-state index in [0.29, 0.717) is 12.1 Å². The van der Waals surface area contributed by atoms with Crippen LogP contribution >= 0.6 is 0 Å². The smallest absolute Gasteiger partial charge is 0.255 e. The van der Waals surface area contributed by atoms with Crippen LogP contribution in [-0.4, -0.2) is 29.4 Å². The van der Waals surface area contributed by atoms with Gasteiger partial charge in [-0.25, -0.2) is 0 Å². The number of amides is 2. The van der Waals surface area contributed by atoms with Crippen molar-refractivity contribution in [3.8, 4) is 5.75 Å². The second-order valence-electron chi connectivity index (χ2n) is 7.91. The van der Waals surface area contributed by atoms with Crippen LogP contribution in [-0.2, 0) is 17.8 Å². The predicted molar refractivity (Wildman–Crippen MR) is 108 cm³/mol. The number of carbonyl (C=O) groups excluding carboxylic acids is 2. The first kappa shape index (κ1) is 18.5. The maximum atomic E-state index is 12.6. The summed E-state index contributed by atoms with van der Waals surface area (Å²) >= 11 is 0. The van der Waals surface area contributed by atoms with Gasteiger partial charge >= 0.3 is 0 Å². The number of nitrogens with one attached hydrogen (secondary N) is 1. The van der Waals surface area contributed by atoms with Crippen molar-refractivity contribution in [3.63, 3.8) is 0 Å². The van der Waals surface area contributed by atoms with Crippen molar-refractivity contribution in [2.75, 3.05) is 11.9 Å². The molecule has 0 bridgehead atoms. The zero-order valence-corrected chi connectivity index (χ0v) is 16.4. The highest BCUT2D eigenvalue weighted by molar-refractivity contribution is 6.04. The van der Waals surface area contributed by atoms with Gasteiger partial charge in [-0.05, 0) is 80.6 Å². The molecule has 1 heterocycles. The minimum atomic E-state index is -0.155. The fraction of sp³-hybridized carbons (Fsp3) is 0.391. The van der Waals surface area contributed by atoms with E-state index >= 15 is 0 Å². The second-order valence-corrected chi connectivity index (χ2v) is 7.91. The standard InChI is InChI=1S/C23H26N2O3/c1-15(2)28-21-9-6-17(7-10-21)22(26)24-20-8-5-16-11-12-25(14-19(16)13-20)23(27)18-3-4-18/h5-10,13,15,18H,3-4,11-12,14H2,1-2H3,(H,24,26). The number of carbonyl (C=O) groups is 2. The first-order valence-electron chi connectivity index (χ1n) is 9.98. The van der Waals surface area contributed by atoms with E-state index in [2.05, 4.69) is 11.4 Å². The topological polar surface area (TPSA) is 58.6 Å². The molecule has 4 rings (SSSR count). The van der Waals surface area contributed by atoms with Gasteiger partial charge in [0.2, 0.25) is 5.91 Å². The lowest BCUT2D eigenvalue weighted by molar-refractivity contribution is -0.133. The summed E-state index contributed by atoms with van der Waals surface area (Å²) in [5, 5.41) is 2.96. The Labute approximate surface area is 165 Å². The van der Waals surface area contributed by atoms with Crippen LogP contribution in [0.25, 0.3) is 0 Å². The first-order chi connectivity index (χ1) is 13.5. The Morgan fingerprint density at radius 3 is 2.50 bits per heavy atom. The molecule has 1 saturated carbocycles. The monoisotopic (exact) mass is 378 g/mol. The van der Waals surface area contributed by atoms with Gasteiger partial charge in [-0.15, -0.1) is 0 Å². The van der Waals surface area contributed by atoms with Crippen LogP contribution in [0.15, 0.2) is 42.5 Å². The summed E-state index contributed by atoms with van der Waals surface area (Å²) in [4.78, 5) is 26.9.